The molecule has 228 valence electrons. The van der Waals surface area contributed by atoms with Crippen LogP contribution in [0.5, 0.6) is 5.75 Å². The van der Waals surface area contributed by atoms with Gasteiger partial charge < -0.3 is 45.4 Å². The Morgan fingerprint density at radius 2 is 1.71 bits per heavy atom. The number of anilines is 2. The van der Waals surface area contributed by atoms with Gasteiger partial charge in [0.25, 0.3) is 5.91 Å². The SMILES string of the molecule is CC(C)N1CCC(C(=O)Nc2c(O[C@@H]3O[C@H](C(=O)O)[C@@H](O)[C@H](O)[C@H]3O)cc(Cl)cc2C(=O)Nc2ccc(Cl)cn2)CC1. The number of carbonyl (C=O) groups excluding carboxylic acids is 2. The van der Waals surface area contributed by atoms with E-state index in [-0.39, 0.29) is 33.8 Å². The van der Waals surface area contributed by atoms with Crippen LogP contribution in [0.4, 0.5) is 11.5 Å². The molecule has 2 fully saturated rings. The van der Waals surface area contributed by atoms with Crippen LogP contribution < -0.4 is 15.4 Å². The van der Waals surface area contributed by atoms with Gasteiger partial charge in [-0.15, -0.1) is 0 Å². The summed E-state index contributed by atoms with van der Waals surface area (Å²) < 4.78 is 11.0. The maximum Gasteiger partial charge on any atom is 0.335 e. The number of hydrogen-bond donors (Lipinski definition) is 6. The van der Waals surface area contributed by atoms with E-state index in [0.717, 1.165) is 0 Å². The van der Waals surface area contributed by atoms with Crippen molar-refractivity contribution in [2.45, 2.75) is 63.4 Å². The third-order valence-electron chi connectivity index (χ3n) is 7.22. The summed E-state index contributed by atoms with van der Waals surface area (Å²) in [6.45, 7) is 5.55. The topological polar surface area (TPSA) is 191 Å². The van der Waals surface area contributed by atoms with Gasteiger partial charge in [0.2, 0.25) is 12.2 Å². The minimum atomic E-state index is -1.94. The first-order valence-corrected chi connectivity index (χ1v) is 14.0. The number of aliphatic hydroxyl groups excluding tert-OH is 3. The number of piperidine rings is 1. The van der Waals surface area contributed by atoms with E-state index in [2.05, 4.69) is 34.4 Å². The van der Waals surface area contributed by atoms with Crippen LogP contribution in [0.2, 0.25) is 10.0 Å². The van der Waals surface area contributed by atoms with Crippen molar-refractivity contribution in [1.82, 2.24) is 9.88 Å². The van der Waals surface area contributed by atoms with Gasteiger partial charge in [-0.05, 0) is 58.0 Å². The van der Waals surface area contributed by atoms with Gasteiger partial charge >= 0.3 is 5.97 Å². The van der Waals surface area contributed by atoms with Gasteiger partial charge in [-0.3, -0.25) is 9.59 Å². The van der Waals surface area contributed by atoms with E-state index >= 15 is 0 Å². The second kappa shape index (κ2) is 13.5. The average molecular weight is 627 g/mol. The van der Waals surface area contributed by atoms with E-state index in [4.69, 9.17) is 32.7 Å². The number of benzene rings is 1. The number of nitrogens with zero attached hydrogens (tertiary/aromatic N) is 2. The third kappa shape index (κ3) is 7.29. The van der Waals surface area contributed by atoms with Crippen molar-refractivity contribution in [1.29, 1.82) is 0 Å². The largest absolute Gasteiger partial charge is 0.479 e. The molecule has 2 aliphatic heterocycles. The Kier molecular flexibility index (Phi) is 10.3. The van der Waals surface area contributed by atoms with Crippen LogP contribution in [0.25, 0.3) is 0 Å². The molecule has 2 amide bonds. The molecule has 2 saturated heterocycles. The number of carboxylic acid groups (broad SMARTS) is 1. The van der Waals surface area contributed by atoms with Crippen LogP contribution in [0.1, 0.15) is 37.0 Å². The van der Waals surface area contributed by atoms with E-state index < -0.39 is 48.5 Å². The number of amides is 2. The van der Waals surface area contributed by atoms with Gasteiger partial charge in [0.05, 0.1) is 16.3 Å². The summed E-state index contributed by atoms with van der Waals surface area (Å²) in [4.78, 5) is 44.7. The number of carboxylic acids is 1. The lowest BCUT2D eigenvalue weighted by molar-refractivity contribution is -0.271. The molecule has 1 aromatic carbocycles. The number of halogens is 2. The number of rotatable bonds is 8. The zero-order valence-corrected chi connectivity index (χ0v) is 24.2. The maximum atomic E-state index is 13.4. The minimum Gasteiger partial charge on any atom is -0.479 e. The van der Waals surface area contributed by atoms with Crippen molar-refractivity contribution < 1.29 is 44.3 Å². The van der Waals surface area contributed by atoms with E-state index in [1.807, 2.05) is 0 Å². The van der Waals surface area contributed by atoms with E-state index in [1.165, 1.54) is 30.5 Å². The number of aliphatic hydroxyl groups is 3. The van der Waals surface area contributed by atoms with Crippen LogP contribution in [0.15, 0.2) is 30.5 Å². The highest BCUT2D eigenvalue weighted by molar-refractivity contribution is 6.32. The van der Waals surface area contributed by atoms with Crippen LogP contribution in [0, 0.1) is 5.92 Å². The Balaban J connectivity index is 1.67. The summed E-state index contributed by atoms with van der Waals surface area (Å²) in [5.41, 5.74) is -0.270. The Morgan fingerprint density at radius 1 is 1.02 bits per heavy atom. The minimum absolute atomic E-state index is 0.0110. The Bertz CT molecular complexity index is 1310. The first-order valence-electron chi connectivity index (χ1n) is 13.3. The second-order valence-electron chi connectivity index (χ2n) is 10.4. The molecule has 0 saturated carbocycles. The molecule has 0 unspecified atom stereocenters. The number of pyridine rings is 1. The summed E-state index contributed by atoms with van der Waals surface area (Å²) in [5, 5.41) is 45.8. The molecule has 3 heterocycles. The van der Waals surface area contributed by atoms with Crippen molar-refractivity contribution in [3.05, 3.63) is 46.1 Å². The summed E-state index contributed by atoms with van der Waals surface area (Å²) in [6, 6.07) is 5.83. The molecule has 42 heavy (non-hydrogen) atoms. The molecule has 0 spiro atoms. The van der Waals surface area contributed by atoms with Gasteiger partial charge in [0, 0.05) is 29.2 Å². The van der Waals surface area contributed by atoms with E-state index in [0.29, 0.717) is 37.0 Å². The summed E-state index contributed by atoms with van der Waals surface area (Å²) in [6.07, 6.45) is -7.06. The molecule has 2 aliphatic rings. The number of carbonyl (C=O) groups is 3. The fraction of sp³-hybridized carbons (Fsp3) is 0.481. The molecule has 15 heteroatoms. The summed E-state index contributed by atoms with van der Waals surface area (Å²) >= 11 is 12.2. The van der Waals surface area contributed by atoms with Crippen molar-refractivity contribution in [3.8, 4) is 5.75 Å². The predicted molar refractivity (Wildman–Crippen MR) is 152 cm³/mol. The molecule has 5 atom stereocenters. The van der Waals surface area contributed by atoms with E-state index in [9.17, 15) is 34.8 Å². The monoisotopic (exact) mass is 626 g/mol. The molecular formula is C27H32Cl2N4O9. The van der Waals surface area contributed by atoms with Crippen LogP contribution in [-0.2, 0) is 14.3 Å². The Labute approximate surface area is 251 Å². The zero-order chi connectivity index (χ0) is 30.7. The lowest BCUT2D eigenvalue weighted by Gasteiger charge is -2.38. The highest BCUT2D eigenvalue weighted by atomic mass is 35.5. The standard InChI is InChI=1S/C27H32Cl2N4O9/c1-12(2)33-7-5-13(6-8-33)24(37)32-19-16(25(38)31-18-4-3-14(28)11-30-18)9-15(29)10-17(19)41-27-22(36)20(34)21(35)23(42-27)26(39)40/h3-4,9-13,20-23,27,34-36H,5-8H2,1-2H3,(H,32,37)(H,39,40)(H,30,31,38)/t20-,21-,22+,23-,27+/m0/s1. The van der Waals surface area contributed by atoms with Crippen molar-refractivity contribution in [2.75, 3.05) is 23.7 Å². The lowest BCUT2D eigenvalue weighted by atomic mass is 9.94. The predicted octanol–water partition coefficient (Wildman–Crippen LogP) is 1.97. The molecular weight excluding hydrogens is 595 g/mol. The third-order valence-corrected chi connectivity index (χ3v) is 7.66. The molecule has 4 rings (SSSR count). The van der Waals surface area contributed by atoms with Gasteiger partial charge in [-0.1, -0.05) is 23.2 Å². The molecule has 2 aromatic rings. The number of hydrogen-bond acceptors (Lipinski definition) is 10. The smallest absolute Gasteiger partial charge is 0.335 e. The fourth-order valence-corrected chi connectivity index (χ4v) is 5.11. The highest BCUT2D eigenvalue weighted by Gasteiger charge is 2.48. The number of aliphatic carboxylic acids is 1. The lowest BCUT2D eigenvalue weighted by Crippen LogP contribution is -2.61. The van der Waals surface area contributed by atoms with E-state index in [1.54, 1.807) is 0 Å². The number of ether oxygens (including phenoxy) is 2. The van der Waals surface area contributed by atoms with Crippen molar-refractivity contribution in [3.63, 3.8) is 0 Å². The fourth-order valence-electron chi connectivity index (χ4n) is 4.79. The van der Waals surface area contributed by atoms with Gasteiger partial charge in [-0.25, -0.2) is 9.78 Å². The number of aromatic nitrogens is 1. The zero-order valence-electron chi connectivity index (χ0n) is 22.7. The molecule has 0 bridgehead atoms. The number of nitrogens with one attached hydrogen (secondary N) is 2. The van der Waals surface area contributed by atoms with Crippen LogP contribution in [-0.4, -0.2) is 97.9 Å². The molecule has 6 N–H and O–H groups in total. The normalized spacial score (nSPS) is 25.2. The first kappa shape index (κ1) is 31.9. The molecule has 0 aliphatic carbocycles. The van der Waals surface area contributed by atoms with Gasteiger partial charge in [-0.2, -0.15) is 0 Å². The highest BCUT2D eigenvalue weighted by Crippen LogP contribution is 2.37. The summed E-state index contributed by atoms with van der Waals surface area (Å²) in [7, 11) is 0. The van der Waals surface area contributed by atoms with Crippen LogP contribution in [0.3, 0.4) is 0 Å². The quantitative estimate of drug-likeness (QED) is 0.251. The van der Waals surface area contributed by atoms with Crippen LogP contribution >= 0.6 is 23.2 Å². The van der Waals surface area contributed by atoms with Gasteiger partial charge in [0.1, 0.15) is 29.9 Å². The molecule has 13 nitrogen and oxygen atoms in total. The molecule has 0 radical (unpaired) electrons. The number of likely N-dealkylation sites (tertiary alicyclic amines) is 1. The molecule has 1 aromatic heterocycles. The van der Waals surface area contributed by atoms with Crippen molar-refractivity contribution in [2.24, 2.45) is 5.92 Å². The second-order valence-corrected chi connectivity index (χ2v) is 11.3. The summed E-state index contributed by atoms with van der Waals surface area (Å²) in [5.74, 6) is -3.22. The first-order chi connectivity index (χ1) is 19.8. The van der Waals surface area contributed by atoms with Gasteiger partial charge in [0.15, 0.2) is 6.10 Å². The average Bonchev–Trinajstić information content (AvgIpc) is 2.95. The Morgan fingerprint density at radius 3 is 2.31 bits per heavy atom. The Hall–Kier alpha value is -3.04. The maximum absolute atomic E-state index is 13.4. The van der Waals surface area contributed by atoms with Crippen molar-refractivity contribution >= 4 is 52.5 Å².